The fourth-order valence-electron chi connectivity index (χ4n) is 1.91. The summed E-state index contributed by atoms with van der Waals surface area (Å²) in [6.07, 6.45) is 1.67. The average molecular weight is 269 g/mol. The fraction of sp³-hybridized carbons (Fsp3) is 0.250. The van der Waals surface area contributed by atoms with Crippen LogP contribution in [0, 0.1) is 13.8 Å². The van der Waals surface area contributed by atoms with E-state index >= 15 is 0 Å². The third kappa shape index (κ3) is 3.15. The molecule has 1 amide bonds. The molecule has 0 atom stereocenters. The highest BCUT2D eigenvalue weighted by Gasteiger charge is 2.12. The van der Waals surface area contributed by atoms with E-state index in [0.29, 0.717) is 11.4 Å². The van der Waals surface area contributed by atoms with Crippen LogP contribution in [0.4, 0.5) is 11.5 Å². The molecule has 0 saturated heterocycles. The number of amides is 1. The van der Waals surface area contributed by atoms with Gasteiger partial charge in [-0.25, -0.2) is 4.98 Å². The maximum Gasteiger partial charge on any atom is 0.259 e. The molecular formula is C16H19N3O. The molecule has 104 valence electrons. The molecule has 2 rings (SSSR count). The SMILES string of the molecule is CCNc1ncccc1C(=O)Nc1ccc(C)c(C)c1. The zero-order valence-electron chi connectivity index (χ0n) is 12.0. The number of pyridine rings is 1. The van der Waals surface area contributed by atoms with Crippen molar-refractivity contribution in [2.45, 2.75) is 20.8 Å². The van der Waals surface area contributed by atoms with Crippen LogP contribution in [0.1, 0.15) is 28.4 Å². The number of aromatic nitrogens is 1. The van der Waals surface area contributed by atoms with Crippen LogP contribution < -0.4 is 10.6 Å². The summed E-state index contributed by atoms with van der Waals surface area (Å²) >= 11 is 0. The minimum atomic E-state index is -0.155. The second-order valence-electron chi connectivity index (χ2n) is 4.68. The van der Waals surface area contributed by atoms with Gasteiger partial charge in [0.2, 0.25) is 0 Å². The van der Waals surface area contributed by atoms with Crippen LogP contribution in [0.15, 0.2) is 36.5 Å². The summed E-state index contributed by atoms with van der Waals surface area (Å²) < 4.78 is 0. The van der Waals surface area contributed by atoms with E-state index in [1.54, 1.807) is 18.3 Å². The Bertz CT molecular complexity index is 623. The van der Waals surface area contributed by atoms with Crippen LogP contribution in [-0.2, 0) is 0 Å². The van der Waals surface area contributed by atoms with Gasteiger partial charge in [-0.15, -0.1) is 0 Å². The largest absolute Gasteiger partial charge is 0.370 e. The van der Waals surface area contributed by atoms with Crippen LogP contribution in [0.3, 0.4) is 0 Å². The van der Waals surface area contributed by atoms with Gasteiger partial charge in [0.15, 0.2) is 0 Å². The number of hydrogen-bond acceptors (Lipinski definition) is 3. The van der Waals surface area contributed by atoms with Gasteiger partial charge in [-0.2, -0.15) is 0 Å². The van der Waals surface area contributed by atoms with Gasteiger partial charge < -0.3 is 10.6 Å². The third-order valence-electron chi connectivity index (χ3n) is 3.16. The number of benzene rings is 1. The quantitative estimate of drug-likeness (QED) is 0.894. The molecule has 1 aromatic heterocycles. The Morgan fingerprint density at radius 3 is 2.70 bits per heavy atom. The molecule has 4 nitrogen and oxygen atoms in total. The molecule has 0 bridgehead atoms. The Morgan fingerprint density at radius 2 is 2.00 bits per heavy atom. The number of carbonyl (C=O) groups excluding carboxylic acids is 1. The predicted octanol–water partition coefficient (Wildman–Crippen LogP) is 3.38. The van der Waals surface area contributed by atoms with Crippen LogP contribution in [-0.4, -0.2) is 17.4 Å². The minimum Gasteiger partial charge on any atom is -0.370 e. The molecule has 2 aromatic rings. The van der Waals surface area contributed by atoms with Crippen LogP contribution >= 0.6 is 0 Å². The summed E-state index contributed by atoms with van der Waals surface area (Å²) in [5.74, 6) is 0.452. The lowest BCUT2D eigenvalue weighted by Gasteiger charge is -2.11. The topological polar surface area (TPSA) is 54.0 Å². The number of carbonyl (C=O) groups is 1. The number of aryl methyl sites for hydroxylation is 2. The lowest BCUT2D eigenvalue weighted by molar-refractivity contribution is 0.102. The molecule has 0 aliphatic heterocycles. The Balaban J connectivity index is 2.21. The smallest absolute Gasteiger partial charge is 0.259 e. The van der Waals surface area contributed by atoms with Gasteiger partial charge in [-0.1, -0.05) is 6.07 Å². The van der Waals surface area contributed by atoms with Crippen LogP contribution in [0.5, 0.6) is 0 Å². The molecule has 20 heavy (non-hydrogen) atoms. The number of nitrogens with zero attached hydrogens (tertiary/aromatic N) is 1. The van der Waals surface area contributed by atoms with E-state index in [4.69, 9.17) is 0 Å². The molecule has 1 heterocycles. The predicted molar refractivity (Wildman–Crippen MR) is 82.3 cm³/mol. The summed E-state index contributed by atoms with van der Waals surface area (Å²) in [6, 6.07) is 9.40. The number of anilines is 2. The zero-order chi connectivity index (χ0) is 14.5. The minimum absolute atomic E-state index is 0.155. The highest BCUT2D eigenvalue weighted by atomic mass is 16.1. The number of hydrogen-bond donors (Lipinski definition) is 2. The molecule has 0 aliphatic carbocycles. The first kappa shape index (κ1) is 14.1. The molecule has 0 spiro atoms. The fourth-order valence-corrected chi connectivity index (χ4v) is 1.91. The van der Waals surface area contributed by atoms with E-state index in [2.05, 4.69) is 15.6 Å². The molecule has 0 aliphatic rings. The van der Waals surface area contributed by atoms with Gasteiger partial charge in [-0.05, 0) is 56.2 Å². The first-order chi connectivity index (χ1) is 9.61. The van der Waals surface area contributed by atoms with Gasteiger partial charge in [0.05, 0.1) is 5.56 Å². The van der Waals surface area contributed by atoms with Crippen molar-refractivity contribution in [2.24, 2.45) is 0 Å². The number of nitrogens with one attached hydrogen (secondary N) is 2. The Kier molecular flexibility index (Phi) is 4.35. The first-order valence-electron chi connectivity index (χ1n) is 6.69. The number of rotatable bonds is 4. The molecule has 2 N–H and O–H groups in total. The van der Waals surface area contributed by atoms with Crippen molar-refractivity contribution >= 4 is 17.4 Å². The van der Waals surface area contributed by atoms with E-state index < -0.39 is 0 Å². The molecule has 0 saturated carbocycles. The van der Waals surface area contributed by atoms with Crippen molar-refractivity contribution < 1.29 is 4.79 Å². The van der Waals surface area contributed by atoms with Gasteiger partial charge in [0.1, 0.15) is 5.82 Å². The van der Waals surface area contributed by atoms with Crippen molar-refractivity contribution in [2.75, 3.05) is 17.2 Å². The van der Waals surface area contributed by atoms with Gasteiger partial charge >= 0.3 is 0 Å². The Hall–Kier alpha value is -2.36. The molecule has 0 unspecified atom stereocenters. The van der Waals surface area contributed by atoms with Crippen molar-refractivity contribution in [3.05, 3.63) is 53.2 Å². The lowest BCUT2D eigenvalue weighted by atomic mass is 10.1. The summed E-state index contributed by atoms with van der Waals surface area (Å²) in [4.78, 5) is 16.5. The van der Waals surface area contributed by atoms with E-state index in [9.17, 15) is 4.79 Å². The van der Waals surface area contributed by atoms with Crippen molar-refractivity contribution in [3.8, 4) is 0 Å². The van der Waals surface area contributed by atoms with Crippen molar-refractivity contribution in [3.63, 3.8) is 0 Å². The van der Waals surface area contributed by atoms with E-state index in [1.165, 1.54) is 5.56 Å². The molecular weight excluding hydrogens is 250 g/mol. The summed E-state index contributed by atoms with van der Waals surface area (Å²) in [7, 11) is 0. The summed E-state index contributed by atoms with van der Waals surface area (Å²) in [5.41, 5.74) is 3.70. The lowest BCUT2D eigenvalue weighted by Crippen LogP contribution is -2.15. The highest BCUT2D eigenvalue weighted by Crippen LogP contribution is 2.17. The van der Waals surface area contributed by atoms with Crippen LogP contribution in [0.2, 0.25) is 0 Å². The van der Waals surface area contributed by atoms with Gasteiger partial charge in [0, 0.05) is 18.4 Å². The molecule has 1 aromatic carbocycles. The normalized spacial score (nSPS) is 10.2. The molecule has 0 fully saturated rings. The van der Waals surface area contributed by atoms with Crippen molar-refractivity contribution in [1.29, 1.82) is 0 Å². The molecule has 4 heteroatoms. The summed E-state index contributed by atoms with van der Waals surface area (Å²) in [6.45, 7) is 6.77. The maximum atomic E-state index is 12.3. The van der Waals surface area contributed by atoms with Crippen molar-refractivity contribution in [1.82, 2.24) is 4.98 Å². The zero-order valence-corrected chi connectivity index (χ0v) is 12.0. The van der Waals surface area contributed by atoms with Gasteiger partial charge in [-0.3, -0.25) is 4.79 Å². The average Bonchev–Trinajstić information content (AvgIpc) is 2.44. The van der Waals surface area contributed by atoms with E-state index in [0.717, 1.165) is 17.8 Å². The maximum absolute atomic E-state index is 12.3. The van der Waals surface area contributed by atoms with Gasteiger partial charge in [0.25, 0.3) is 5.91 Å². The first-order valence-corrected chi connectivity index (χ1v) is 6.69. The second-order valence-corrected chi connectivity index (χ2v) is 4.68. The Morgan fingerprint density at radius 1 is 1.20 bits per heavy atom. The van der Waals surface area contributed by atoms with Crippen LogP contribution in [0.25, 0.3) is 0 Å². The highest BCUT2D eigenvalue weighted by molar-refractivity contribution is 6.07. The summed E-state index contributed by atoms with van der Waals surface area (Å²) in [5, 5.41) is 6.00. The third-order valence-corrected chi connectivity index (χ3v) is 3.16. The monoisotopic (exact) mass is 269 g/mol. The van der Waals surface area contributed by atoms with E-state index in [1.807, 2.05) is 39.0 Å². The Labute approximate surface area is 119 Å². The molecule has 0 radical (unpaired) electrons. The van der Waals surface area contributed by atoms with E-state index in [-0.39, 0.29) is 5.91 Å². The standard InChI is InChI=1S/C16H19N3O/c1-4-17-15-14(6-5-9-18-15)16(20)19-13-8-7-11(2)12(3)10-13/h5-10H,4H2,1-3H3,(H,17,18)(H,19,20). The second kappa shape index (κ2) is 6.19.